The molecule has 1 saturated heterocycles. The molecule has 8 heteroatoms. The van der Waals surface area contributed by atoms with E-state index in [-0.39, 0.29) is 18.6 Å². The minimum atomic E-state index is -0.539. The Hall–Kier alpha value is -2.12. The molecule has 1 aromatic heterocycles. The van der Waals surface area contributed by atoms with Crippen LogP contribution in [-0.2, 0) is 9.59 Å². The Bertz CT molecular complexity index is 415. The van der Waals surface area contributed by atoms with Crippen LogP contribution >= 0.6 is 0 Å². The first-order valence-electron chi connectivity index (χ1n) is 4.27. The number of amides is 2. The van der Waals surface area contributed by atoms with Gasteiger partial charge in [0.1, 0.15) is 12.6 Å². The van der Waals surface area contributed by atoms with Crippen LogP contribution in [0.2, 0.25) is 0 Å². The number of anilines is 2. The van der Waals surface area contributed by atoms with Crippen LogP contribution in [0.15, 0.2) is 4.42 Å². The standard InChI is InChI=1S/C7H9N5O3/c1-3-5(14)9-4(13)2-12(3)7-11-10-6(8)15-7/h3H,2H2,1H3,(H2,8,10)(H,9,13,14). The van der Waals surface area contributed by atoms with Gasteiger partial charge in [-0.2, -0.15) is 0 Å². The summed E-state index contributed by atoms with van der Waals surface area (Å²) in [6.45, 7) is 1.62. The van der Waals surface area contributed by atoms with Crippen molar-refractivity contribution in [2.24, 2.45) is 0 Å². The third-order valence-corrected chi connectivity index (χ3v) is 2.10. The van der Waals surface area contributed by atoms with E-state index in [1.165, 1.54) is 4.90 Å². The third kappa shape index (κ3) is 1.60. The van der Waals surface area contributed by atoms with Gasteiger partial charge in [0.15, 0.2) is 0 Å². The number of nitrogens with one attached hydrogen (secondary N) is 1. The smallest absolute Gasteiger partial charge is 0.320 e. The minimum Gasteiger partial charge on any atom is -0.390 e. The Morgan fingerprint density at radius 3 is 2.87 bits per heavy atom. The monoisotopic (exact) mass is 211 g/mol. The molecule has 0 radical (unpaired) electrons. The minimum absolute atomic E-state index is 0.00542. The zero-order valence-electron chi connectivity index (χ0n) is 7.93. The van der Waals surface area contributed by atoms with Crippen molar-refractivity contribution in [3.63, 3.8) is 0 Å². The Labute approximate surface area is 84.4 Å². The Balaban J connectivity index is 2.27. The lowest BCUT2D eigenvalue weighted by atomic mass is 10.2. The first-order valence-corrected chi connectivity index (χ1v) is 4.27. The van der Waals surface area contributed by atoms with Crippen molar-refractivity contribution < 1.29 is 14.0 Å². The average molecular weight is 211 g/mol. The van der Waals surface area contributed by atoms with Gasteiger partial charge in [-0.3, -0.25) is 14.9 Å². The number of nitrogens with two attached hydrogens (primary N) is 1. The van der Waals surface area contributed by atoms with Gasteiger partial charge in [0.2, 0.25) is 11.8 Å². The largest absolute Gasteiger partial charge is 0.390 e. The molecule has 0 aromatic carbocycles. The fourth-order valence-corrected chi connectivity index (χ4v) is 1.29. The normalized spacial score (nSPS) is 21.7. The topological polar surface area (TPSA) is 114 Å². The van der Waals surface area contributed by atoms with E-state index in [4.69, 9.17) is 10.2 Å². The fourth-order valence-electron chi connectivity index (χ4n) is 1.29. The second-order valence-corrected chi connectivity index (χ2v) is 3.14. The van der Waals surface area contributed by atoms with Crippen LogP contribution in [0.5, 0.6) is 0 Å². The Kier molecular flexibility index (Phi) is 2.03. The lowest BCUT2D eigenvalue weighted by Crippen LogP contribution is -2.57. The molecule has 8 nitrogen and oxygen atoms in total. The number of carbonyl (C=O) groups is 2. The van der Waals surface area contributed by atoms with Gasteiger partial charge in [0.25, 0.3) is 0 Å². The molecule has 80 valence electrons. The Morgan fingerprint density at radius 2 is 2.27 bits per heavy atom. The van der Waals surface area contributed by atoms with Crippen molar-refractivity contribution >= 4 is 23.8 Å². The van der Waals surface area contributed by atoms with Crippen LogP contribution in [0.4, 0.5) is 12.0 Å². The van der Waals surface area contributed by atoms with E-state index < -0.39 is 17.9 Å². The van der Waals surface area contributed by atoms with Gasteiger partial charge in [0.05, 0.1) is 0 Å². The molecule has 1 fully saturated rings. The van der Waals surface area contributed by atoms with Gasteiger partial charge in [0, 0.05) is 0 Å². The summed E-state index contributed by atoms with van der Waals surface area (Å²) in [6.07, 6.45) is 0. The molecule has 1 aliphatic rings. The molecular formula is C7H9N5O3. The van der Waals surface area contributed by atoms with Crippen molar-refractivity contribution in [2.45, 2.75) is 13.0 Å². The van der Waals surface area contributed by atoms with Crippen molar-refractivity contribution in [3.8, 4) is 0 Å². The number of hydrogen-bond donors (Lipinski definition) is 2. The maximum absolute atomic E-state index is 11.3. The number of carbonyl (C=O) groups excluding carboxylic acids is 2. The van der Waals surface area contributed by atoms with E-state index in [0.717, 1.165) is 0 Å². The second-order valence-electron chi connectivity index (χ2n) is 3.14. The lowest BCUT2D eigenvalue weighted by molar-refractivity contribution is -0.132. The van der Waals surface area contributed by atoms with E-state index in [1.54, 1.807) is 6.92 Å². The molecule has 2 rings (SSSR count). The van der Waals surface area contributed by atoms with Gasteiger partial charge < -0.3 is 15.1 Å². The molecule has 2 amide bonds. The van der Waals surface area contributed by atoms with Crippen LogP contribution in [0.1, 0.15) is 6.92 Å². The summed E-state index contributed by atoms with van der Waals surface area (Å²) in [5.41, 5.74) is 5.25. The summed E-state index contributed by atoms with van der Waals surface area (Å²) in [5, 5.41) is 9.26. The SMILES string of the molecule is CC1C(=O)NC(=O)CN1c1nnc(N)o1. The summed E-state index contributed by atoms with van der Waals surface area (Å²) in [4.78, 5) is 23.8. The molecule has 0 spiro atoms. The molecule has 1 unspecified atom stereocenters. The van der Waals surface area contributed by atoms with Gasteiger partial charge in [-0.25, -0.2) is 0 Å². The number of nitrogens with zero attached hydrogens (tertiary/aromatic N) is 3. The van der Waals surface area contributed by atoms with Crippen LogP contribution < -0.4 is 16.0 Å². The maximum Gasteiger partial charge on any atom is 0.320 e. The molecule has 3 N–H and O–H groups in total. The predicted molar refractivity (Wildman–Crippen MR) is 48.7 cm³/mol. The number of imide groups is 1. The summed E-state index contributed by atoms with van der Waals surface area (Å²) >= 11 is 0. The molecule has 0 aliphatic carbocycles. The summed E-state index contributed by atoms with van der Waals surface area (Å²) in [5.74, 6) is -0.808. The highest BCUT2D eigenvalue weighted by atomic mass is 16.4. The van der Waals surface area contributed by atoms with Crippen LogP contribution in [-0.4, -0.2) is 34.6 Å². The van der Waals surface area contributed by atoms with Crippen molar-refractivity contribution in [1.29, 1.82) is 0 Å². The first kappa shape index (κ1) is 9.44. The molecule has 1 aromatic rings. The number of nitrogen functional groups attached to an aromatic ring is 1. The van der Waals surface area contributed by atoms with Gasteiger partial charge >= 0.3 is 12.0 Å². The van der Waals surface area contributed by atoms with Crippen molar-refractivity contribution in [3.05, 3.63) is 0 Å². The second kappa shape index (κ2) is 3.23. The number of aromatic nitrogens is 2. The van der Waals surface area contributed by atoms with Crippen LogP contribution in [0.3, 0.4) is 0 Å². The highest BCUT2D eigenvalue weighted by Crippen LogP contribution is 2.17. The zero-order chi connectivity index (χ0) is 11.0. The Morgan fingerprint density at radius 1 is 1.53 bits per heavy atom. The molecule has 15 heavy (non-hydrogen) atoms. The lowest BCUT2D eigenvalue weighted by Gasteiger charge is -2.29. The van der Waals surface area contributed by atoms with Crippen molar-refractivity contribution in [1.82, 2.24) is 15.5 Å². The van der Waals surface area contributed by atoms with Crippen LogP contribution in [0.25, 0.3) is 0 Å². The van der Waals surface area contributed by atoms with Gasteiger partial charge in [-0.1, -0.05) is 10.2 Å². The number of piperazine rings is 1. The molecular weight excluding hydrogens is 202 g/mol. The van der Waals surface area contributed by atoms with E-state index in [9.17, 15) is 9.59 Å². The van der Waals surface area contributed by atoms with Gasteiger partial charge in [-0.15, -0.1) is 0 Å². The highest BCUT2D eigenvalue weighted by Gasteiger charge is 2.33. The van der Waals surface area contributed by atoms with E-state index >= 15 is 0 Å². The number of hydrogen-bond acceptors (Lipinski definition) is 7. The highest BCUT2D eigenvalue weighted by molar-refractivity contribution is 6.03. The van der Waals surface area contributed by atoms with Gasteiger partial charge in [-0.05, 0) is 6.92 Å². The molecule has 0 bridgehead atoms. The molecule has 1 aliphatic heterocycles. The van der Waals surface area contributed by atoms with Crippen LogP contribution in [0, 0.1) is 0 Å². The maximum atomic E-state index is 11.3. The van der Waals surface area contributed by atoms with E-state index in [0.29, 0.717) is 0 Å². The summed E-state index contributed by atoms with van der Waals surface area (Å²) in [7, 11) is 0. The zero-order valence-corrected chi connectivity index (χ0v) is 7.93. The molecule has 1 atom stereocenters. The first-order chi connectivity index (χ1) is 7.08. The summed E-state index contributed by atoms with van der Waals surface area (Å²) in [6, 6.07) is -0.568. The van der Waals surface area contributed by atoms with Crippen molar-refractivity contribution in [2.75, 3.05) is 17.2 Å². The van der Waals surface area contributed by atoms with E-state index in [2.05, 4.69) is 15.5 Å². The summed E-state index contributed by atoms with van der Waals surface area (Å²) < 4.78 is 4.94. The average Bonchev–Trinajstić information content (AvgIpc) is 2.58. The predicted octanol–water partition coefficient (Wildman–Crippen LogP) is -1.50. The van der Waals surface area contributed by atoms with E-state index in [1.807, 2.05) is 0 Å². The quantitative estimate of drug-likeness (QED) is 0.543. The molecule has 2 heterocycles. The molecule has 0 saturated carbocycles. The third-order valence-electron chi connectivity index (χ3n) is 2.10. The fraction of sp³-hybridized carbons (Fsp3) is 0.429. The number of rotatable bonds is 1.